The Bertz CT molecular complexity index is 535. The first-order valence-corrected chi connectivity index (χ1v) is 9.18. The van der Waals surface area contributed by atoms with E-state index in [2.05, 4.69) is 27.7 Å². The molecule has 0 spiro atoms. The third-order valence-electron chi connectivity index (χ3n) is 5.08. The van der Waals surface area contributed by atoms with E-state index in [-0.39, 0.29) is 11.9 Å². The van der Waals surface area contributed by atoms with Crippen LogP contribution in [-0.4, -0.2) is 63.4 Å². The van der Waals surface area contributed by atoms with E-state index in [1.165, 1.54) is 5.56 Å². The molecule has 138 valence electrons. The predicted octanol–water partition coefficient (Wildman–Crippen LogP) is 1.01. The number of benzene rings is 1. The number of nitrogens with zero attached hydrogens (tertiary/aromatic N) is 1. The van der Waals surface area contributed by atoms with E-state index in [9.17, 15) is 4.79 Å². The molecule has 0 bridgehead atoms. The van der Waals surface area contributed by atoms with Gasteiger partial charge in [-0.25, -0.2) is 0 Å². The number of hydrogen-bond donors (Lipinski definition) is 2. The van der Waals surface area contributed by atoms with Crippen molar-refractivity contribution in [1.82, 2.24) is 15.5 Å². The van der Waals surface area contributed by atoms with Crippen molar-refractivity contribution < 1.29 is 14.3 Å². The average Bonchev–Trinajstić information content (AvgIpc) is 2.68. The molecule has 1 amide bonds. The SMILES string of the molecule is COc1ccc(CN2CCC(CNC(=O)[C@H]3COCCN3)CC2)cc1. The van der Waals surface area contributed by atoms with Gasteiger partial charge in [0.25, 0.3) is 0 Å². The zero-order chi connectivity index (χ0) is 17.5. The summed E-state index contributed by atoms with van der Waals surface area (Å²) in [4.78, 5) is 14.6. The van der Waals surface area contributed by atoms with E-state index >= 15 is 0 Å². The molecule has 0 saturated carbocycles. The summed E-state index contributed by atoms with van der Waals surface area (Å²) in [7, 11) is 1.69. The number of carbonyl (C=O) groups excluding carboxylic acids is 1. The van der Waals surface area contributed by atoms with E-state index in [0.29, 0.717) is 19.1 Å². The van der Waals surface area contributed by atoms with Gasteiger partial charge in [-0.1, -0.05) is 12.1 Å². The summed E-state index contributed by atoms with van der Waals surface area (Å²) in [6, 6.07) is 8.10. The van der Waals surface area contributed by atoms with Gasteiger partial charge in [-0.2, -0.15) is 0 Å². The van der Waals surface area contributed by atoms with Gasteiger partial charge in [0.2, 0.25) is 5.91 Å². The molecule has 0 aromatic heterocycles. The van der Waals surface area contributed by atoms with Crippen molar-refractivity contribution >= 4 is 5.91 Å². The molecule has 6 nitrogen and oxygen atoms in total. The molecule has 1 aromatic rings. The molecular formula is C19H29N3O3. The second-order valence-corrected chi connectivity index (χ2v) is 6.89. The summed E-state index contributed by atoms with van der Waals surface area (Å²) in [5, 5.41) is 6.28. The lowest BCUT2D eigenvalue weighted by Crippen LogP contribution is -2.52. The number of ether oxygens (including phenoxy) is 2. The van der Waals surface area contributed by atoms with Crippen molar-refractivity contribution in [3.63, 3.8) is 0 Å². The number of likely N-dealkylation sites (tertiary alicyclic amines) is 1. The molecule has 25 heavy (non-hydrogen) atoms. The third-order valence-corrected chi connectivity index (χ3v) is 5.08. The zero-order valence-electron chi connectivity index (χ0n) is 15.0. The van der Waals surface area contributed by atoms with Crippen LogP contribution in [0.25, 0.3) is 0 Å². The van der Waals surface area contributed by atoms with Crippen molar-refractivity contribution in [2.75, 3.05) is 46.5 Å². The lowest BCUT2D eigenvalue weighted by Gasteiger charge is -2.32. The third kappa shape index (κ3) is 5.42. The Morgan fingerprint density at radius 1 is 1.32 bits per heavy atom. The zero-order valence-corrected chi connectivity index (χ0v) is 15.0. The summed E-state index contributed by atoms with van der Waals surface area (Å²) in [5.74, 6) is 1.54. The maximum atomic E-state index is 12.1. The predicted molar refractivity (Wildman–Crippen MR) is 96.6 cm³/mol. The minimum atomic E-state index is -0.191. The molecule has 0 unspecified atom stereocenters. The molecule has 2 aliphatic heterocycles. The topological polar surface area (TPSA) is 62.8 Å². The summed E-state index contributed by atoms with van der Waals surface area (Å²) >= 11 is 0. The van der Waals surface area contributed by atoms with Gasteiger partial charge in [-0.3, -0.25) is 9.69 Å². The van der Waals surface area contributed by atoms with Crippen LogP contribution in [-0.2, 0) is 16.1 Å². The smallest absolute Gasteiger partial charge is 0.239 e. The highest BCUT2D eigenvalue weighted by Crippen LogP contribution is 2.19. The Kier molecular flexibility index (Phi) is 6.67. The standard InChI is InChI=1S/C19H29N3O3/c1-24-17-4-2-16(3-5-17)13-22-9-6-15(7-10-22)12-21-19(23)18-14-25-11-8-20-18/h2-5,15,18,20H,6-14H2,1H3,(H,21,23)/t18-/m1/s1. The number of carbonyl (C=O) groups is 1. The van der Waals surface area contributed by atoms with Crippen molar-refractivity contribution in [3.05, 3.63) is 29.8 Å². The summed E-state index contributed by atoms with van der Waals surface area (Å²) in [5.41, 5.74) is 1.32. The molecule has 2 N–H and O–H groups in total. The summed E-state index contributed by atoms with van der Waals surface area (Å²) < 4.78 is 10.5. The fourth-order valence-corrected chi connectivity index (χ4v) is 3.44. The first-order valence-electron chi connectivity index (χ1n) is 9.18. The highest BCUT2D eigenvalue weighted by atomic mass is 16.5. The van der Waals surface area contributed by atoms with Crippen LogP contribution in [0.5, 0.6) is 5.75 Å². The van der Waals surface area contributed by atoms with Gasteiger partial charge >= 0.3 is 0 Å². The Hall–Kier alpha value is -1.63. The van der Waals surface area contributed by atoms with Crippen LogP contribution < -0.4 is 15.4 Å². The quantitative estimate of drug-likeness (QED) is 0.804. The molecule has 1 aromatic carbocycles. The second kappa shape index (κ2) is 9.17. The van der Waals surface area contributed by atoms with Crippen LogP contribution in [0.4, 0.5) is 0 Å². The molecule has 6 heteroatoms. The van der Waals surface area contributed by atoms with Crippen LogP contribution in [0.15, 0.2) is 24.3 Å². The lowest BCUT2D eigenvalue weighted by molar-refractivity contribution is -0.126. The van der Waals surface area contributed by atoms with Crippen LogP contribution >= 0.6 is 0 Å². The van der Waals surface area contributed by atoms with Crippen molar-refractivity contribution in [2.45, 2.75) is 25.4 Å². The normalized spacial score (nSPS) is 22.5. The highest BCUT2D eigenvalue weighted by Gasteiger charge is 2.23. The van der Waals surface area contributed by atoms with Crippen LogP contribution in [0.2, 0.25) is 0 Å². The van der Waals surface area contributed by atoms with Gasteiger partial charge < -0.3 is 20.1 Å². The van der Waals surface area contributed by atoms with E-state index in [1.54, 1.807) is 7.11 Å². The lowest BCUT2D eigenvalue weighted by atomic mass is 9.96. The van der Waals surface area contributed by atoms with Crippen LogP contribution in [0.1, 0.15) is 18.4 Å². The molecule has 2 aliphatic rings. The Balaban J connectivity index is 1.35. The van der Waals surface area contributed by atoms with Crippen molar-refractivity contribution in [1.29, 1.82) is 0 Å². The number of methoxy groups -OCH3 is 1. The molecular weight excluding hydrogens is 318 g/mol. The molecule has 0 radical (unpaired) electrons. The summed E-state index contributed by atoms with van der Waals surface area (Å²) in [6.07, 6.45) is 2.26. The molecule has 2 heterocycles. The van der Waals surface area contributed by atoms with Crippen molar-refractivity contribution in [3.8, 4) is 5.75 Å². The number of amides is 1. The van der Waals surface area contributed by atoms with E-state index in [0.717, 1.165) is 51.3 Å². The van der Waals surface area contributed by atoms with Gasteiger partial charge in [-0.15, -0.1) is 0 Å². The molecule has 1 atom stereocenters. The van der Waals surface area contributed by atoms with E-state index in [1.807, 2.05) is 12.1 Å². The van der Waals surface area contributed by atoms with Crippen molar-refractivity contribution in [2.24, 2.45) is 5.92 Å². The Labute approximate surface area is 149 Å². The second-order valence-electron chi connectivity index (χ2n) is 6.89. The Morgan fingerprint density at radius 3 is 2.72 bits per heavy atom. The van der Waals surface area contributed by atoms with Gasteiger partial charge in [-0.05, 0) is 49.5 Å². The highest BCUT2D eigenvalue weighted by molar-refractivity contribution is 5.81. The molecule has 0 aliphatic carbocycles. The van der Waals surface area contributed by atoms with E-state index < -0.39 is 0 Å². The maximum Gasteiger partial charge on any atom is 0.239 e. The first kappa shape index (κ1) is 18.2. The number of nitrogens with one attached hydrogen (secondary N) is 2. The van der Waals surface area contributed by atoms with Crippen LogP contribution in [0, 0.1) is 5.92 Å². The molecule has 3 rings (SSSR count). The van der Waals surface area contributed by atoms with Crippen LogP contribution in [0.3, 0.4) is 0 Å². The average molecular weight is 347 g/mol. The van der Waals surface area contributed by atoms with Gasteiger partial charge in [0.05, 0.1) is 20.3 Å². The van der Waals surface area contributed by atoms with Gasteiger partial charge in [0.15, 0.2) is 0 Å². The monoisotopic (exact) mass is 347 g/mol. The minimum Gasteiger partial charge on any atom is -0.497 e. The Morgan fingerprint density at radius 2 is 2.08 bits per heavy atom. The van der Waals surface area contributed by atoms with E-state index in [4.69, 9.17) is 9.47 Å². The largest absolute Gasteiger partial charge is 0.497 e. The number of rotatable bonds is 6. The molecule has 2 saturated heterocycles. The maximum absolute atomic E-state index is 12.1. The number of piperidine rings is 1. The summed E-state index contributed by atoms with van der Waals surface area (Å²) in [6.45, 7) is 5.83. The van der Waals surface area contributed by atoms with Gasteiger partial charge in [0, 0.05) is 19.6 Å². The minimum absolute atomic E-state index is 0.0698. The fraction of sp³-hybridized carbons (Fsp3) is 0.632. The first-order chi connectivity index (χ1) is 12.2. The number of hydrogen-bond acceptors (Lipinski definition) is 5. The fourth-order valence-electron chi connectivity index (χ4n) is 3.44. The number of morpholine rings is 1. The van der Waals surface area contributed by atoms with Gasteiger partial charge in [0.1, 0.15) is 11.8 Å². The molecule has 2 fully saturated rings.